The van der Waals surface area contributed by atoms with Gasteiger partial charge in [0, 0.05) is 17.6 Å². The highest BCUT2D eigenvalue weighted by Gasteiger charge is 2.67. The van der Waals surface area contributed by atoms with Crippen LogP contribution in [0.2, 0.25) is 0 Å². The van der Waals surface area contributed by atoms with Crippen molar-refractivity contribution in [2.45, 2.75) is 65.1 Å². The highest BCUT2D eigenvalue weighted by atomic mass is 17.2. The third-order valence-corrected chi connectivity index (χ3v) is 7.41. The maximum absolute atomic E-state index is 12.0. The molecule has 3 unspecified atom stereocenters. The van der Waals surface area contributed by atoms with E-state index in [9.17, 15) is 9.59 Å². The van der Waals surface area contributed by atoms with Gasteiger partial charge in [-0.1, -0.05) is 32.9 Å². The van der Waals surface area contributed by atoms with Crippen LogP contribution in [-0.4, -0.2) is 17.4 Å². The van der Waals surface area contributed by atoms with E-state index in [4.69, 9.17) is 9.78 Å². The van der Waals surface area contributed by atoms with E-state index in [1.54, 1.807) is 6.07 Å². The molecule has 0 spiro atoms. The van der Waals surface area contributed by atoms with Crippen LogP contribution in [0.15, 0.2) is 36.4 Å². The number of hydrogen-bond acceptors (Lipinski definition) is 4. The maximum Gasteiger partial charge on any atom is 0.258 e. The van der Waals surface area contributed by atoms with Crippen molar-refractivity contribution in [2.75, 3.05) is 4.90 Å². The SMILES string of the molecule is CC1CCC2CC1(OOC(C)(C)c1cccc(N3C(=O)C=CC3=O)c1)C2(C)C. The van der Waals surface area contributed by atoms with Crippen LogP contribution in [-0.2, 0) is 25.0 Å². The van der Waals surface area contributed by atoms with Gasteiger partial charge in [0.05, 0.1) is 5.69 Å². The highest BCUT2D eigenvalue weighted by molar-refractivity contribution is 6.28. The average Bonchev–Trinajstić information content (AvgIpc) is 2.99. The maximum atomic E-state index is 12.0. The summed E-state index contributed by atoms with van der Waals surface area (Å²) in [5.41, 5.74) is 0.522. The molecule has 5 nitrogen and oxygen atoms in total. The molecule has 0 radical (unpaired) electrons. The van der Waals surface area contributed by atoms with Crippen molar-refractivity contribution in [3.63, 3.8) is 0 Å². The predicted octanol–water partition coefficient (Wildman–Crippen LogP) is 4.51. The zero-order chi connectivity index (χ0) is 20.3. The van der Waals surface area contributed by atoms with E-state index in [-0.39, 0.29) is 22.8 Å². The largest absolute Gasteiger partial charge is 0.269 e. The van der Waals surface area contributed by atoms with Crippen molar-refractivity contribution < 1.29 is 19.4 Å². The number of imide groups is 1. The molecule has 0 N–H and O–H groups in total. The molecular formula is C23H29NO4. The molecule has 1 aliphatic heterocycles. The van der Waals surface area contributed by atoms with Gasteiger partial charge in [0.1, 0.15) is 11.2 Å². The van der Waals surface area contributed by atoms with Gasteiger partial charge in [0.15, 0.2) is 0 Å². The van der Waals surface area contributed by atoms with Crippen molar-refractivity contribution in [2.24, 2.45) is 17.3 Å². The van der Waals surface area contributed by atoms with Gasteiger partial charge in [0.25, 0.3) is 11.8 Å². The van der Waals surface area contributed by atoms with Gasteiger partial charge in [-0.3, -0.25) is 9.59 Å². The second-order valence-corrected chi connectivity index (χ2v) is 9.56. The summed E-state index contributed by atoms with van der Waals surface area (Å²) < 4.78 is 0. The Morgan fingerprint density at radius 3 is 2.39 bits per heavy atom. The van der Waals surface area contributed by atoms with Crippen molar-refractivity contribution in [3.05, 3.63) is 42.0 Å². The topological polar surface area (TPSA) is 55.8 Å². The number of amides is 2. The molecule has 28 heavy (non-hydrogen) atoms. The van der Waals surface area contributed by atoms with Crippen LogP contribution in [0.1, 0.15) is 59.4 Å². The third-order valence-electron chi connectivity index (χ3n) is 7.41. The van der Waals surface area contributed by atoms with Gasteiger partial charge < -0.3 is 0 Å². The van der Waals surface area contributed by atoms with E-state index in [0.717, 1.165) is 12.0 Å². The van der Waals surface area contributed by atoms with Gasteiger partial charge in [-0.05, 0) is 62.6 Å². The number of carbonyl (C=O) groups is 2. The van der Waals surface area contributed by atoms with Gasteiger partial charge in [-0.2, -0.15) is 0 Å². The second kappa shape index (κ2) is 6.26. The molecule has 5 rings (SSSR count). The Morgan fingerprint density at radius 1 is 1.11 bits per heavy atom. The van der Waals surface area contributed by atoms with Crippen molar-refractivity contribution >= 4 is 17.5 Å². The van der Waals surface area contributed by atoms with E-state index in [1.165, 1.54) is 29.9 Å². The minimum Gasteiger partial charge on any atom is -0.269 e. The summed E-state index contributed by atoms with van der Waals surface area (Å²) in [6.07, 6.45) is 6.05. The summed E-state index contributed by atoms with van der Waals surface area (Å²) in [7, 11) is 0. The molecule has 1 aromatic carbocycles. The van der Waals surface area contributed by atoms with E-state index in [1.807, 2.05) is 32.0 Å². The van der Waals surface area contributed by atoms with E-state index >= 15 is 0 Å². The third kappa shape index (κ3) is 2.67. The zero-order valence-corrected chi connectivity index (χ0v) is 17.3. The molecule has 4 aliphatic rings. The summed E-state index contributed by atoms with van der Waals surface area (Å²) in [6, 6.07) is 7.34. The average molecular weight is 383 g/mol. The minimum absolute atomic E-state index is 0.0999. The normalized spacial score (nSPS) is 31.2. The number of hydrogen-bond donors (Lipinski definition) is 0. The predicted molar refractivity (Wildman–Crippen MR) is 106 cm³/mol. The Labute approximate surface area is 166 Å². The summed E-state index contributed by atoms with van der Waals surface area (Å²) in [6.45, 7) is 10.7. The summed E-state index contributed by atoms with van der Waals surface area (Å²) in [5, 5.41) is 0. The summed E-state index contributed by atoms with van der Waals surface area (Å²) in [5.74, 6) is 0.489. The molecule has 0 saturated heterocycles. The lowest BCUT2D eigenvalue weighted by Crippen LogP contribution is -2.68. The molecule has 2 amide bonds. The van der Waals surface area contributed by atoms with Gasteiger partial charge in [-0.15, -0.1) is 0 Å². The second-order valence-electron chi connectivity index (χ2n) is 9.56. The number of nitrogens with zero attached hydrogens (tertiary/aromatic N) is 1. The minimum atomic E-state index is -0.720. The van der Waals surface area contributed by atoms with E-state index < -0.39 is 5.60 Å². The number of carbonyl (C=O) groups excluding carboxylic acids is 2. The van der Waals surface area contributed by atoms with Crippen LogP contribution in [0.3, 0.4) is 0 Å². The molecule has 2 bridgehead atoms. The molecule has 3 fully saturated rings. The van der Waals surface area contributed by atoms with E-state index in [0.29, 0.717) is 17.5 Å². The van der Waals surface area contributed by atoms with Crippen LogP contribution in [0.25, 0.3) is 0 Å². The molecule has 1 heterocycles. The summed E-state index contributed by atoms with van der Waals surface area (Å²) in [4.78, 5) is 37.5. The summed E-state index contributed by atoms with van der Waals surface area (Å²) >= 11 is 0. The Balaban J connectivity index is 1.54. The fourth-order valence-corrected chi connectivity index (χ4v) is 5.21. The number of benzene rings is 1. The lowest BCUT2D eigenvalue weighted by molar-refractivity contribution is -0.475. The molecule has 3 aliphatic carbocycles. The molecular weight excluding hydrogens is 354 g/mol. The molecule has 0 aromatic heterocycles. The number of anilines is 1. The van der Waals surface area contributed by atoms with Crippen molar-refractivity contribution in [1.29, 1.82) is 0 Å². The Kier molecular flexibility index (Phi) is 4.32. The molecule has 1 aromatic rings. The number of fused-ring (bicyclic) bond motifs is 2. The molecule has 5 heteroatoms. The standard InChI is InChI=1S/C23H29NO4/c1-15-9-10-17-14-23(15,21(17,2)3)28-27-22(4,5)16-7-6-8-18(13-16)24-19(25)11-12-20(24)26/h6-8,11-13,15,17H,9-10,14H2,1-5H3. The van der Waals surface area contributed by atoms with Crippen LogP contribution in [0.4, 0.5) is 5.69 Å². The van der Waals surface area contributed by atoms with Crippen LogP contribution in [0.5, 0.6) is 0 Å². The Morgan fingerprint density at radius 2 is 1.79 bits per heavy atom. The van der Waals surface area contributed by atoms with Gasteiger partial charge >= 0.3 is 0 Å². The molecule has 150 valence electrons. The molecule has 3 atom stereocenters. The lowest BCUT2D eigenvalue weighted by Gasteiger charge is -2.66. The van der Waals surface area contributed by atoms with E-state index in [2.05, 4.69) is 20.8 Å². The lowest BCUT2D eigenvalue weighted by atomic mass is 9.43. The smallest absolute Gasteiger partial charge is 0.258 e. The first-order chi connectivity index (χ1) is 13.1. The van der Waals surface area contributed by atoms with Gasteiger partial charge in [-0.25, -0.2) is 14.7 Å². The zero-order valence-electron chi connectivity index (χ0n) is 17.3. The highest BCUT2D eigenvalue weighted by Crippen LogP contribution is 2.66. The Bertz CT molecular complexity index is 838. The monoisotopic (exact) mass is 383 g/mol. The Hall–Kier alpha value is -1.98. The van der Waals surface area contributed by atoms with Crippen molar-refractivity contribution in [1.82, 2.24) is 0 Å². The van der Waals surface area contributed by atoms with Crippen LogP contribution < -0.4 is 4.90 Å². The van der Waals surface area contributed by atoms with Gasteiger partial charge in [0.2, 0.25) is 0 Å². The van der Waals surface area contributed by atoms with Crippen molar-refractivity contribution in [3.8, 4) is 0 Å². The first-order valence-electron chi connectivity index (χ1n) is 10.1. The first kappa shape index (κ1) is 19.3. The molecule has 3 saturated carbocycles. The fraction of sp³-hybridized carbons (Fsp3) is 0.565. The van der Waals surface area contributed by atoms with Crippen LogP contribution in [0, 0.1) is 17.3 Å². The fourth-order valence-electron chi connectivity index (χ4n) is 5.21. The first-order valence-corrected chi connectivity index (χ1v) is 10.1. The number of rotatable bonds is 5. The van der Waals surface area contributed by atoms with Crippen LogP contribution >= 0.6 is 0 Å². The quantitative estimate of drug-likeness (QED) is 0.426.